The number of rotatable bonds is 8. The molecule has 0 aliphatic carbocycles. The normalized spacial score (nSPS) is 14.3. The molecule has 3 aromatic carbocycles. The van der Waals surface area contributed by atoms with Crippen LogP contribution in [0.25, 0.3) is 22.3 Å². The SMILES string of the molecule is O=C(O)CCCCc1nc2cc(C(=O)N[C@H]3COc4ccccc43)ccc2nc1-c1ccccc1. The third-order valence-electron chi connectivity index (χ3n) is 6.11. The highest BCUT2D eigenvalue weighted by molar-refractivity contribution is 5.97. The third-order valence-corrected chi connectivity index (χ3v) is 6.11. The van der Waals surface area contributed by atoms with E-state index in [1.165, 1.54) is 0 Å². The first-order chi connectivity index (χ1) is 17.1. The minimum absolute atomic E-state index is 0.125. The molecule has 1 aromatic heterocycles. The molecule has 4 aromatic rings. The Hall–Kier alpha value is -4.26. The van der Waals surface area contributed by atoms with E-state index in [2.05, 4.69) is 5.32 Å². The molecule has 7 nitrogen and oxygen atoms in total. The van der Waals surface area contributed by atoms with Crippen LogP contribution in [-0.4, -0.2) is 33.6 Å². The van der Waals surface area contributed by atoms with Crippen LogP contribution in [0.4, 0.5) is 0 Å². The maximum absolute atomic E-state index is 13.0. The monoisotopic (exact) mass is 467 g/mol. The van der Waals surface area contributed by atoms with Crippen LogP contribution in [-0.2, 0) is 11.2 Å². The summed E-state index contributed by atoms with van der Waals surface area (Å²) >= 11 is 0. The van der Waals surface area contributed by atoms with Gasteiger partial charge in [0.15, 0.2) is 0 Å². The lowest BCUT2D eigenvalue weighted by molar-refractivity contribution is -0.137. The molecule has 2 heterocycles. The Morgan fingerprint density at radius 1 is 0.943 bits per heavy atom. The number of aromatic nitrogens is 2. The van der Waals surface area contributed by atoms with Crippen LogP contribution in [0.15, 0.2) is 72.8 Å². The maximum Gasteiger partial charge on any atom is 0.303 e. The van der Waals surface area contributed by atoms with Gasteiger partial charge in [-0.3, -0.25) is 9.59 Å². The zero-order valence-electron chi connectivity index (χ0n) is 19.1. The van der Waals surface area contributed by atoms with Crippen molar-refractivity contribution >= 4 is 22.9 Å². The zero-order chi connectivity index (χ0) is 24.2. The number of ether oxygens (including phenoxy) is 1. The summed E-state index contributed by atoms with van der Waals surface area (Å²) in [5, 5.41) is 12.0. The number of carboxylic acids is 1. The van der Waals surface area contributed by atoms with Crippen molar-refractivity contribution in [2.75, 3.05) is 6.61 Å². The number of carbonyl (C=O) groups excluding carboxylic acids is 1. The Morgan fingerprint density at radius 2 is 1.74 bits per heavy atom. The number of para-hydroxylation sites is 1. The summed E-state index contributed by atoms with van der Waals surface area (Å²) in [5.41, 5.74) is 5.34. The van der Waals surface area contributed by atoms with Crippen molar-refractivity contribution in [1.82, 2.24) is 15.3 Å². The van der Waals surface area contributed by atoms with E-state index in [-0.39, 0.29) is 18.4 Å². The van der Waals surface area contributed by atoms with Crippen LogP contribution >= 0.6 is 0 Å². The molecular formula is C28H25N3O4. The third kappa shape index (κ3) is 4.99. The molecule has 35 heavy (non-hydrogen) atoms. The van der Waals surface area contributed by atoms with E-state index in [0.29, 0.717) is 42.5 Å². The number of carbonyl (C=O) groups is 2. The van der Waals surface area contributed by atoms with Gasteiger partial charge < -0.3 is 15.2 Å². The van der Waals surface area contributed by atoms with Crippen molar-refractivity contribution in [1.29, 1.82) is 0 Å². The van der Waals surface area contributed by atoms with Crippen molar-refractivity contribution < 1.29 is 19.4 Å². The fourth-order valence-electron chi connectivity index (χ4n) is 4.33. The maximum atomic E-state index is 13.0. The zero-order valence-corrected chi connectivity index (χ0v) is 19.1. The number of hydrogen-bond donors (Lipinski definition) is 2. The Balaban J connectivity index is 1.42. The van der Waals surface area contributed by atoms with Crippen LogP contribution in [0, 0.1) is 0 Å². The van der Waals surface area contributed by atoms with Gasteiger partial charge in [-0.1, -0.05) is 48.5 Å². The number of benzene rings is 3. The van der Waals surface area contributed by atoms with Gasteiger partial charge in [0.25, 0.3) is 5.91 Å². The predicted molar refractivity (Wildman–Crippen MR) is 132 cm³/mol. The van der Waals surface area contributed by atoms with E-state index in [9.17, 15) is 9.59 Å². The highest BCUT2D eigenvalue weighted by atomic mass is 16.5. The number of nitrogens with zero attached hydrogens (tertiary/aromatic N) is 2. The fourth-order valence-corrected chi connectivity index (χ4v) is 4.33. The number of carboxylic acid groups (broad SMARTS) is 1. The molecule has 5 rings (SSSR count). The Morgan fingerprint density at radius 3 is 2.57 bits per heavy atom. The summed E-state index contributed by atoms with van der Waals surface area (Å²) in [6.07, 6.45) is 1.98. The predicted octanol–water partition coefficient (Wildman–Crippen LogP) is 4.96. The van der Waals surface area contributed by atoms with Gasteiger partial charge in [-0.05, 0) is 43.5 Å². The van der Waals surface area contributed by atoms with Gasteiger partial charge in [0.05, 0.1) is 28.5 Å². The second kappa shape index (κ2) is 9.93. The molecule has 2 N–H and O–H groups in total. The van der Waals surface area contributed by atoms with E-state index in [1.54, 1.807) is 12.1 Å². The molecule has 0 spiro atoms. The molecular weight excluding hydrogens is 442 g/mol. The molecule has 0 saturated heterocycles. The quantitative estimate of drug-likeness (QED) is 0.355. The molecule has 1 aliphatic heterocycles. The molecule has 0 saturated carbocycles. The molecule has 0 radical (unpaired) electrons. The lowest BCUT2D eigenvalue weighted by Crippen LogP contribution is -2.29. The Labute approximate surface area is 202 Å². The lowest BCUT2D eigenvalue weighted by Gasteiger charge is -2.13. The first kappa shape index (κ1) is 22.5. The number of fused-ring (bicyclic) bond motifs is 2. The average Bonchev–Trinajstić information content (AvgIpc) is 3.29. The fraction of sp³-hybridized carbons (Fsp3) is 0.214. The summed E-state index contributed by atoms with van der Waals surface area (Å²) in [6.45, 7) is 0.402. The highest BCUT2D eigenvalue weighted by Crippen LogP contribution is 2.32. The largest absolute Gasteiger partial charge is 0.491 e. The number of unbranched alkanes of at least 4 members (excludes halogenated alkanes) is 1. The molecule has 1 atom stereocenters. The van der Waals surface area contributed by atoms with Gasteiger partial charge >= 0.3 is 5.97 Å². The number of aryl methyl sites for hydroxylation is 1. The molecule has 0 bridgehead atoms. The Kier molecular flexibility index (Phi) is 6.39. The van der Waals surface area contributed by atoms with Crippen LogP contribution in [0.3, 0.4) is 0 Å². The van der Waals surface area contributed by atoms with E-state index in [1.807, 2.05) is 60.7 Å². The van der Waals surface area contributed by atoms with Gasteiger partial charge in [-0.2, -0.15) is 0 Å². The van der Waals surface area contributed by atoms with Crippen LogP contribution in [0.5, 0.6) is 5.75 Å². The highest BCUT2D eigenvalue weighted by Gasteiger charge is 2.25. The summed E-state index contributed by atoms with van der Waals surface area (Å²) < 4.78 is 5.68. The van der Waals surface area contributed by atoms with E-state index in [0.717, 1.165) is 28.3 Å². The van der Waals surface area contributed by atoms with Crippen LogP contribution in [0.2, 0.25) is 0 Å². The number of amides is 1. The molecule has 7 heteroatoms. The number of aliphatic carboxylic acids is 1. The van der Waals surface area contributed by atoms with Crippen LogP contribution < -0.4 is 10.1 Å². The van der Waals surface area contributed by atoms with Crippen molar-refractivity contribution in [2.24, 2.45) is 0 Å². The summed E-state index contributed by atoms with van der Waals surface area (Å²) in [6, 6.07) is 22.7. The van der Waals surface area contributed by atoms with Gasteiger partial charge in [-0.15, -0.1) is 0 Å². The van der Waals surface area contributed by atoms with Gasteiger partial charge in [0.1, 0.15) is 12.4 Å². The lowest BCUT2D eigenvalue weighted by atomic mass is 10.0. The van der Waals surface area contributed by atoms with Crippen molar-refractivity contribution in [3.8, 4) is 17.0 Å². The minimum atomic E-state index is -0.802. The topological polar surface area (TPSA) is 101 Å². The van der Waals surface area contributed by atoms with Crippen LogP contribution in [0.1, 0.15) is 46.9 Å². The average molecular weight is 468 g/mol. The summed E-state index contributed by atoms with van der Waals surface area (Å²) in [4.78, 5) is 33.7. The summed E-state index contributed by atoms with van der Waals surface area (Å²) in [7, 11) is 0. The minimum Gasteiger partial charge on any atom is -0.491 e. The van der Waals surface area contributed by atoms with E-state index >= 15 is 0 Å². The first-order valence-corrected chi connectivity index (χ1v) is 11.7. The first-order valence-electron chi connectivity index (χ1n) is 11.7. The number of hydrogen-bond acceptors (Lipinski definition) is 5. The van der Waals surface area contributed by atoms with Gasteiger partial charge in [0.2, 0.25) is 0 Å². The molecule has 176 valence electrons. The molecule has 0 fully saturated rings. The van der Waals surface area contributed by atoms with Crippen molar-refractivity contribution in [3.63, 3.8) is 0 Å². The molecule has 0 unspecified atom stereocenters. The Bertz CT molecular complexity index is 1390. The van der Waals surface area contributed by atoms with E-state index < -0.39 is 5.97 Å². The molecule has 1 aliphatic rings. The summed E-state index contributed by atoms with van der Waals surface area (Å²) in [5.74, 6) is -0.207. The second-order valence-electron chi connectivity index (χ2n) is 8.56. The van der Waals surface area contributed by atoms with Crippen molar-refractivity contribution in [2.45, 2.75) is 31.7 Å². The smallest absolute Gasteiger partial charge is 0.303 e. The standard InChI is InChI=1S/C28H25N3O4/c32-26(33)13-7-5-11-22-27(18-8-2-1-3-9-18)30-21-15-14-19(16-23(21)29-22)28(34)31-24-17-35-25-12-6-4-10-20(24)25/h1-4,6,8-10,12,14-16,24H,5,7,11,13,17H2,(H,31,34)(H,32,33)/t24-/m0/s1. The van der Waals surface area contributed by atoms with Gasteiger partial charge in [-0.25, -0.2) is 9.97 Å². The van der Waals surface area contributed by atoms with E-state index in [4.69, 9.17) is 19.8 Å². The number of nitrogens with one attached hydrogen (secondary N) is 1. The van der Waals surface area contributed by atoms with Crippen molar-refractivity contribution in [3.05, 3.63) is 89.6 Å². The molecule has 1 amide bonds. The second-order valence-corrected chi connectivity index (χ2v) is 8.56. The van der Waals surface area contributed by atoms with Gasteiger partial charge in [0, 0.05) is 23.1 Å².